The number of hydrogen-bond donors (Lipinski definition) is 2. The summed E-state index contributed by atoms with van der Waals surface area (Å²) in [4.78, 5) is 15.8. The van der Waals surface area contributed by atoms with Gasteiger partial charge in [-0.15, -0.1) is 0 Å². The molecule has 0 unspecified atom stereocenters. The van der Waals surface area contributed by atoms with E-state index in [1.54, 1.807) is 6.08 Å². The van der Waals surface area contributed by atoms with E-state index in [-0.39, 0.29) is 0 Å². The molecule has 128 valence electrons. The zero-order valence-corrected chi connectivity index (χ0v) is 14.9. The molecule has 0 aliphatic rings. The molecule has 0 saturated carbocycles. The van der Waals surface area contributed by atoms with E-state index in [9.17, 15) is 0 Å². The third-order valence-electron chi connectivity index (χ3n) is 4.44. The highest BCUT2D eigenvalue weighted by Gasteiger charge is 2.08. The molecule has 2 N–H and O–H groups in total. The zero-order chi connectivity index (χ0) is 18.3. The molecule has 2 heterocycles. The number of imidazole rings is 2. The van der Waals surface area contributed by atoms with E-state index in [4.69, 9.17) is 0 Å². The Hall–Kier alpha value is -3.40. The number of benzene rings is 2. The van der Waals surface area contributed by atoms with Crippen LogP contribution >= 0.6 is 0 Å². The molecule has 0 atom stereocenters. The number of allylic oxidation sites excluding steroid dienone is 4. The molecule has 0 aliphatic heterocycles. The minimum atomic E-state index is 0.776. The predicted molar refractivity (Wildman–Crippen MR) is 109 cm³/mol. The first-order valence-electron chi connectivity index (χ1n) is 8.50. The molecule has 0 fully saturated rings. The second-order valence-electron chi connectivity index (χ2n) is 6.49. The van der Waals surface area contributed by atoms with Gasteiger partial charge in [0.2, 0.25) is 0 Å². The maximum absolute atomic E-state index is 4.64. The molecule has 0 amide bonds. The molecule has 4 rings (SSSR count). The Morgan fingerprint density at radius 3 is 2.23 bits per heavy atom. The van der Waals surface area contributed by atoms with Crippen molar-refractivity contribution in [1.29, 1.82) is 0 Å². The van der Waals surface area contributed by atoms with Crippen LogP contribution in [0.3, 0.4) is 0 Å². The molecular weight excluding hydrogens is 320 g/mol. The Labute approximate surface area is 152 Å². The van der Waals surface area contributed by atoms with E-state index < -0.39 is 0 Å². The normalized spacial score (nSPS) is 12.0. The summed E-state index contributed by atoms with van der Waals surface area (Å²) in [6.45, 7) is 11.8. The summed E-state index contributed by atoms with van der Waals surface area (Å²) in [5.41, 5.74) is 8.11. The second-order valence-corrected chi connectivity index (χ2v) is 6.49. The number of rotatable bonds is 4. The van der Waals surface area contributed by atoms with Crippen LogP contribution in [-0.2, 0) is 0 Å². The first-order chi connectivity index (χ1) is 12.5. The molecule has 0 radical (unpaired) electrons. The summed E-state index contributed by atoms with van der Waals surface area (Å²) in [5.74, 6) is 1.70. The van der Waals surface area contributed by atoms with Crippen molar-refractivity contribution >= 4 is 27.6 Å². The lowest BCUT2D eigenvalue weighted by Crippen LogP contribution is -1.82. The van der Waals surface area contributed by atoms with Gasteiger partial charge in [0.05, 0.1) is 22.1 Å². The van der Waals surface area contributed by atoms with Crippen molar-refractivity contribution in [2.75, 3.05) is 0 Å². The SMILES string of the molecule is C=C/C(C)=C\C(=C)c1nc2ccc(-c3ccc4nc(C)[nH]c4c3)cc2[nH]1. The van der Waals surface area contributed by atoms with Crippen LogP contribution in [-0.4, -0.2) is 19.9 Å². The highest BCUT2D eigenvalue weighted by atomic mass is 14.9. The molecule has 4 heteroatoms. The Morgan fingerprint density at radius 1 is 0.962 bits per heavy atom. The molecule has 26 heavy (non-hydrogen) atoms. The van der Waals surface area contributed by atoms with Gasteiger partial charge in [-0.3, -0.25) is 0 Å². The molecule has 4 aromatic rings. The van der Waals surface area contributed by atoms with Crippen molar-refractivity contribution in [2.24, 2.45) is 0 Å². The minimum absolute atomic E-state index is 0.776. The number of nitrogens with zero attached hydrogens (tertiary/aromatic N) is 2. The van der Waals surface area contributed by atoms with Gasteiger partial charge in [0.25, 0.3) is 0 Å². The number of aryl methyl sites for hydroxylation is 1. The van der Waals surface area contributed by atoms with Crippen molar-refractivity contribution in [1.82, 2.24) is 19.9 Å². The van der Waals surface area contributed by atoms with E-state index in [1.165, 1.54) is 0 Å². The fraction of sp³-hybridized carbons (Fsp3) is 0.0909. The zero-order valence-electron chi connectivity index (χ0n) is 14.9. The quantitative estimate of drug-likeness (QED) is 0.478. The first-order valence-corrected chi connectivity index (χ1v) is 8.50. The number of nitrogens with one attached hydrogen (secondary N) is 2. The molecule has 0 saturated heterocycles. The first kappa shape index (κ1) is 16.1. The van der Waals surface area contributed by atoms with Gasteiger partial charge in [-0.2, -0.15) is 0 Å². The lowest BCUT2D eigenvalue weighted by molar-refractivity contribution is 1.17. The van der Waals surface area contributed by atoms with Gasteiger partial charge in [0.1, 0.15) is 11.6 Å². The van der Waals surface area contributed by atoms with Crippen LogP contribution in [0.15, 0.2) is 67.3 Å². The maximum atomic E-state index is 4.64. The fourth-order valence-electron chi connectivity index (χ4n) is 3.06. The minimum Gasteiger partial charge on any atom is -0.342 e. The van der Waals surface area contributed by atoms with Crippen molar-refractivity contribution in [3.05, 3.63) is 78.9 Å². The topological polar surface area (TPSA) is 57.4 Å². The van der Waals surface area contributed by atoms with Crippen molar-refractivity contribution in [2.45, 2.75) is 13.8 Å². The van der Waals surface area contributed by atoms with Gasteiger partial charge in [-0.25, -0.2) is 9.97 Å². The Morgan fingerprint density at radius 2 is 1.58 bits per heavy atom. The van der Waals surface area contributed by atoms with Crippen LogP contribution in [0.1, 0.15) is 18.6 Å². The van der Waals surface area contributed by atoms with Crippen LogP contribution < -0.4 is 0 Å². The fourth-order valence-corrected chi connectivity index (χ4v) is 3.06. The van der Waals surface area contributed by atoms with Gasteiger partial charge in [-0.05, 0) is 55.3 Å². The van der Waals surface area contributed by atoms with Crippen LogP contribution in [0.4, 0.5) is 0 Å². The molecule has 0 spiro atoms. The number of aromatic nitrogens is 4. The molecule has 2 aromatic heterocycles. The Balaban J connectivity index is 1.74. The average molecular weight is 340 g/mol. The molecule has 0 aliphatic carbocycles. The van der Waals surface area contributed by atoms with E-state index in [2.05, 4.69) is 57.4 Å². The second kappa shape index (κ2) is 6.15. The van der Waals surface area contributed by atoms with Crippen LogP contribution in [0.25, 0.3) is 38.8 Å². The summed E-state index contributed by atoms with van der Waals surface area (Å²) in [6, 6.07) is 12.5. The summed E-state index contributed by atoms with van der Waals surface area (Å²) < 4.78 is 0. The standard InChI is InChI=1S/C22H20N4/c1-5-13(2)10-14(3)22-25-19-9-7-17(12-21(19)26-22)16-6-8-18-20(11-16)24-15(4)23-18/h5-12H,1,3H2,2,4H3,(H,23,24)(H,25,26)/b13-10-. The highest BCUT2D eigenvalue weighted by molar-refractivity contribution is 5.87. The largest absolute Gasteiger partial charge is 0.342 e. The summed E-state index contributed by atoms with van der Waals surface area (Å²) >= 11 is 0. The van der Waals surface area contributed by atoms with Gasteiger partial charge >= 0.3 is 0 Å². The van der Waals surface area contributed by atoms with E-state index in [1.807, 2.05) is 32.1 Å². The molecule has 0 bridgehead atoms. The Kier molecular flexibility index (Phi) is 3.81. The molecule has 4 nitrogen and oxygen atoms in total. The number of fused-ring (bicyclic) bond motifs is 2. The lowest BCUT2D eigenvalue weighted by Gasteiger charge is -2.01. The van der Waals surface area contributed by atoms with Crippen LogP contribution in [0.2, 0.25) is 0 Å². The average Bonchev–Trinajstić information content (AvgIpc) is 3.22. The van der Waals surface area contributed by atoms with Crippen molar-refractivity contribution in [3.8, 4) is 11.1 Å². The summed E-state index contributed by atoms with van der Waals surface area (Å²) in [6.07, 6.45) is 3.78. The van der Waals surface area contributed by atoms with Crippen molar-refractivity contribution in [3.63, 3.8) is 0 Å². The Bertz CT molecular complexity index is 1190. The smallest absolute Gasteiger partial charge is 0.137 e. The third kappa shape index (κ3) is 2.86. The van der Waals surface area contributed by atoms with Gasteiger partial charge in [0, 0.05) is 5.57 Å². The number of H-pyrrole nitrogens is 2. The van der Waals surface area contributed by atoms with Crippen molar-refractivity contribution < 1.29 is 0 Å². The van der Waals surface area contributed by atoms with Crippen LogP contribution in [0, 0.1) is 6.92 Å². The predicted octanol–water partition coefficient (Wildman–Crippen LogP) is 5.56. The lowest BCUT2D eigenvalue weighted by atomic mass is 10.0. The molecular formula is C22H20N4. The molecule has 2 aromatic carbocycles. The third-order valence-corrected chi connectivity index (χ3v) is 4.44. The van der Waals surface area contributed by atoms with Gasteiger partial charge in [-0.1, -0.05) is 36.9 Å². The number of aromatic amines is 2. The highest BCUT2D eigenvalue weighted by Crippen LogP contribution is 2.27. The van der Waals surface area contributed by atoms with E-state index in [0.717, 1.165) is 56.0 Å². The number of hydrogen-bond acceptors (Lipinski definition) is 2. The van der Waals surface area contributed by atoms with Crippen LogP contribution in [0.5, 0.6) is 0 Å². The summed E-state index contributed by atoms with van der Waals surface area (Å²) in [7, 11) is 0. The summed E-state index contributed by atoms with van der Waals surface area (Å²) in [5, 5.41) is 0. The maximum Gasteiger partial charge on any atom is 0.137 e. The van der Waals surface area contributed by atoms with Gasteiger partial charge < -0.3 is 9.97 Å². The monoisotopic (exact) mass is 340 g/mol. The van der Waals surface area contributed by atoms with E-state index >= 15 is 0 Å². The van der Waals surface area contributed by atoms with Gasteiger partial charge in [0.15, 0.2) is 0 Å². The van der Waals surface area contributed by atoms with E-state index in [0.29, 0.717) is 0 Å².